The monoisotopic (exact) mass is 269 g/mol. The molecule has 2 aromatic rings. The van der Waals surface area contributed by atoms with Crippen LogP contribution in [0.4, 0.5) is 5.69 Å². The Hall–Kier alpha value is -1.61. The van der Waals surface area contributed by atoms with E-state index in [2.05, 4.69) is 29.1 Å². The molecule has 3 nitrogen and oxygen atoms in total. The molecule has 2 N–H and O–H groups in total. The van der Waals surface area contributed by atoms with Gasteiger partial charge in [0.15, 0.2) is 0 Å². The summed E-state index contributed by atoms with van der Waals surface area (Å²) in [6.07, 6.45) is 8.65. The van der Waals surface area contributed by atoms with E-state index in [0.717, 1.165) is 29.2 Å². The second-order valence-electron chi connectivity index (χ2n) is 5.92. The van der Waals surface area contributed by atoms with E-state index in [-0.39, 0.29) is 0 Å². The Labute approximate surface area is 120 Å². The lowest BCUT2D eigenvalue weighted by Gasteiger charge is -2.31. The lowest BCUT2D eigenvalue weighted by molar-refractivity contribution is 0.185. The quantitative estimate of drug-likeness (QED) is 0.866. The van der Waals surface area contributed by atoms with Gasteiger partial charge in [0.2, 0.25) is 0 Å². The lowest BCUT2D eigenvalue weighted by atomic mass is 9.94. The van der Waals surface area contributed by atoms with Gasteiger partial charge < -0.3 is 5.73 Å². The molecule has 1 aromatic heterocycles. The van der Waals surface area contributed by atoms with E-state index in [1.165, 1.54) is 37.7 Å². The first-order valence-electron chi connectivity index (χ1n) is 7.58. The first kappa shape index (κ1) is 13.4. The fourth-order valence-electron chi connectivity index (χ4n) is 3.30. The van der Waals surface area contributed by atoms with Gasteiger partial charge in [-0.1, -0.05) is 25.3 Å². The van der Waals surface area contributed by atoms with Gasteiger partial charge in [0, 0.05) is 29.9 Å². The predicted molar refractivity (Wildman–Crippen MR) is 84.5 cm³/mol. The first-order chi connectivity index (χ1) is 9.75. The second-order valence-corrected chi connectivity index (χ2v) is 5.92. The van der Waals surface area contributed by atoms with Crippen molar-refractivity contribution in [2.24, 2.45) is 0 Å². The highest BCUT2D eigenvalue weighted by atomic mass is 15.1. The van der Waals surface area contributed by atoms with Gasteiger partial charge in [-0.25, -0.2) is 0 Å². The third-order valence-corrected chi connectivity index (χ3v) is 4.50. The number of nitrogens with two attached hydrogens (primary N) is 1. The number of hydrogen-bond acceptors (Lipinski definition) is 3. The first-order valence-corrected chi connectivity index (χ1v) is 7.58. The van der Waals surface area contributed by atoms with Crippen LogP contribution < -0.4 is 5.73 Å². The van der Waals surface area contributed by atoms with E-state index in [1.807, 2.05) is 18.3 Å². The Morgan fingerprint density at radius 1 is 1.20 bits per heavy atom. The normalized spacial score (nSPS) is 16.9. The van der Waals surface area contributed by atoms with E-state index in [9.17, 15) is 0 Å². The number of aromatic nitrogens is 1. The Kier molecular flexibility index (Phi) is 3.88. The maximum absolute atomic E-state index is 6.05. The molecule has 20 heavy (non-hydrogen) atoms. The average molecular weight is 269 g/mol. The Morgan fingerprint density at radius 3 is 2.80 bits per heavy atom. The third-order valence-electron chi connectivity index (χ3n) is 4.50. The van der Waals surface area contributed by atoms with Crippen LogP contribution in [0.5, 0.6) is 0 Å². The molecule has 1 aliphatic rings. The van der Waals surface area contributed by atoms with Crippen LogP contribution in [0.3, 0.4) is 0 Å². The molecule has 0 unspecified atom stereocenters. The minimum absolute atomic E-state index is 0.722. The van der Waals surface area contributed by atoms with Crippen molar-refractivity contribution in [2.45, 2.75) is 44.7 Å². The van der Waals surface area contributed by atoms with Gasteiger partial charge in [-0.15, -0.1) is 0 Å². The Balaban J connectivity index is 1.85. The van der Waals surface area contributed by atoms with Crippen molar-refractivity contribution in [2.75, 3.05) is 12.8 Å². The molecule has 0 amide bonds. The molecule has 0 saturated heterocycles. The Morgan fingerprint density at radius 2 is 2.00 bits per heavy atom. The molecule has 1 aromatic carbocycles. The average Bonchev–Trinajstić information content (AvgIpc) is 2.51. The second kappa shape index (κ2) is 5.80. The maximum Gasteiger partial charge on any atom is 0.0767 e. The van der Waals surface area contributed by atoms with Crippen molar-refractivity contribution < 1.29 is 0 Å². The van der Waals surface area contributed by atoms with Gasteiger partial charge in [-0.3, -0.25) is 9.88 Å². The van der Waals surface area contributed by atoms with Crippen LogP contribution in [0.15, 0.2) is 30.5 Å². The van der Waals surface area contributed by atoms with Gasteiger partial charge in [0.25, 0.3) is 0 Å². The van der Waals surface area contributed by atoms with Crippen LogP contribution in [0.2, 0.25) is 0 Å². The van der Waals surface area contributed by atoms with Gasteiger partial charge in [0.05, 0.1) is 5.52 Å². The molecule has 0 radical (unpaired) electrons. The van der Waals surface area contributed by atoms with E-state index in [4.69, 9.17) is 5.73 Å². The van der Waals surface area contributed by atoms with Gasteiger partial charge >= 0.3 is 0 Å². The zero-order chi connectivity index (χ0) is 13.9. The molecular weight excluding hydrogens is 246 g/mol. The van der Waals surface area contributed by atoms with Crippen molar-refractivity contribution >= 4 is 16.6 Å². The highest BCUT2D eigenvalue weighted by Gasteiger charge is 2.18. The fourth-order valence-corrected chi connectivity index (χ4v) is 3.30. The predicted octanol–water partition coefficient (Wildman–Crippen LogP) is 3.58. The summed E-state index contributed by atoms with van der Waals surface area (Å²) >= 11 is 0. The summed E-state index contributed by atoms with van der Waals surface area (Å²) in [5.41, 5.74) is 9.19. The Bertz CT molecular complexity index is 588. The molecular formula is C17H23N3. The number of benzene rings is 1. The third kappa shape index (κ3) is 2.63. The van der Waals surface area contributed by atoms with Crippen LogP contribution in [0, 0.1) is 0 Å². The number of rotatable bonds is 3. The van der Waals surface area contributed by atoms with Gasteiger partial charge in [-0.05, 0) is 43.7 Å². The number of nitrogens with zero attached hydrogens (tertiary/aromatic N) is 2. The smallest absolute Gasteiger partial charge is 0.0767 e. The maximum atomic E-state index is 6.05. The molecule has 0 atom stereocenters. The molecule has 0 spiro atoms. The summed E-state index contributed by atoms with van der Waals surface area (Å²) in [5.74, 6) is 0. The van der Waals surface area contributed by atoms with Crippen LogP contribution in [-0.2, 0) is 6.54 Å². The van der Waals surface area contributed by atoms with Crippen LogP contribution in [0.25, 0.3) is 10.9 Å². The molecule has 0 aliphatic heterocycles. The van der Waals surface area contributed by atoms with Crippen LogP contribution >= 0.6 is 0 Å². The number of nitrogen functional groups attached to an aromatic ring is 1. The number of anilines is 1. The molecule has 1 aliphatic carbocycles. The highest BCUT2D eigenvalue weighted by Crippen LogP contribution is 2.26. The SMILES string of the molecule is CN(Cc1ccc(N)c2cccnc12)C1CCCCC1. The standard InChI is InChI=1S/C17H23N3/c1-20(14-6-3-2-4-7-14)12-13-9-10-16(18)15-8-5-11-19-17(13)15/h5,8-11,14H,2-4,6-7,12,18H2,1H3. The summed E-state index contributed by atoms with van der Waals surface area (Å²) < 4.78 is 0. The summed E-state index contributed by atoms with van der Waals surface area (Å²) in [5, 5.41) is 1.07. The minimum atomic E-state index is 0.722. The number of hydrogen-bond donors (Lipinski definition) is 1. The number of pyridine rings is 1. The molecule has 3 heteroatoms. The van der Waals surface area contributed by atoms with E-state index < -0.39 is 0 Å². The molecule has 106 valence electrons. The minimum Gasteiger partial charge on any atom is -0.398 e. The summed E-state index contributed by atoms with van der Waals surface area (Å²) in [4.78, 5) is 7.02. The van der Waals surface area contributed by atoms with Crippen molar-refractivity contribution in [3.63, 3.8) is 0 Å². The summed E-state index contributed by atoms with van der Waals surface area (Å²) in [6.45, 7) is 0.957. The van der Waals surface area contributed by atoms with E-state index in [0.29, 0.717) is 0 Å². The van der Waals surface area contributed by atoms with Crippen molar-refractivity contribution in [1.29, 1.82) is 0 Å². The van der Waals surface area contributed by atoms with Crippen molar-refractivity contribution in [3.8, 4) is 0 Å². The topological polar surface area (TPSA) is 42.1 Å². The largest absolute Gasteiger partial charge is 0.398 e. The molecule has 3 rings (SSSR count). The lowest BCUT2D eigenvalue weighted by Crippen LogP contribution is -2.32. The fraction of sp³-hybridized carbons (Fsp3) is 0.471. The molecule has 1 saturated carbocycles. The zero-order valence-electron chi connectivity index (χ0n) is 12.2. The number of fused-ring (bicyclic) bond motifs is 1. The van der Waals surface area contributed by atoms with E-state index >= 15 is 0 Å². The van der Waals surface area contributed by atoms with Gasteiger partial charge in [0.1, 0.15) is 0 Å². The zero-order valence-corrected chi connectivity index (χ0v) is 12.2. The highest BCUT2D eigenvalue weighted by molar-refractivity contribution is 5.92. The molecule has 1 heterocycles. The molecule has 0 bridgehead atoms. The van der Waals surface area contributed by atoms with Gasteiger partial charge in [-0.2, -0.15) is 0 Å². The van der Waals surface area contributed by atoms with Crippen molar-refractivity contribution in [3.05, 3.63) is 36.0 Å². The molecule has 1 fully saturated rings. The van der Waals surface area contributed by atoms with Crippen molar-refractivity contribution in [1.82, 2.24) is 9.88 Å². The van der Waals surface area contributed by atoms with Crippen LogP contribution in [0.1, 0.15) is 37.7 Å². The van der Waals surface area contributed by atoms with E-state index in [1.54, 1.807) is 0 Å². The summed E-state index contributed by atoms with van der Waals surface area (Å²) in [6, 6.07) is 8.87. The van der Waals surface area contributed by atoms with Crippen LogP contribution in [-0.4, -0.2) is 23.0 Å². The summed E-state index contributed by atoms with van der Waals surface area (Å²) in [7, 11) is 2.24.